The zero-order valence-corrected chi connectivity index (χ0v) is 26.5. The summed E-state index contributed by atoms with van der Waals surface area (Å²) in [5.74, 6) is 8.63. The highest BCUT2D eigenvalue weighted by Gasteiger charge is 2.55. The molecule has 0 unspecified atom stereocenters. The summed E-state index contributed by atoms with van der Waals surface area (Å²) in [6.07, 6.45) is 16.2. The molecule has 4 nitrogen and oxygen atoms in total. The van der Waals surface area contributed by atoms with Crippen LogP contribution in [0, 0.1) is 49.4 Å². The molecule has 3 aromatic rings. The summed E-state index contributed by atoms with van der Waals surface area (Å²) in [6, 6.07) is 17.1. The fourth-order valence-corrected chi connectivity index (χ4v) is 12.2. The molecule has 0 heterocycles. The minimum Gasteiger partial charge on any atom is -0.453 e. The lowest BCUT2D eigenvalue weighted by Gasteiger charge is -2.58. The van der Waals surface area contributed by atoms with E-state index < -0.39 is 0 Å². The van der Waals surface area contributed by atoms with Gasteiger partial charge in [-0.15, -0.1) is 0 Å². The quantitative estimate of drug-likeness (QED) is 0.281. The molecular weight excluding hydrogens is 540 g/mol. The number of nitrogen functional groups attached to an aromatic ring is 2. The first-order chi connectivity index (χ1) is 21.2. The number of anilines is 2. The Hall–Kier alpha value is -3.14. The lowest BCUT2D eigenvalue weighted by molar-refractivity contribution is -0.00833. The van der Waals surface area contributed by atoms with Crippen molar-refractivity contribution in [1.82, 2.24) is 0 Å². The molecule has 8 aliphatic carbocycles. The van der Waals surface area contributed by atoms with Gasteiger partial charge in [-0.3, -0.25) is 0 Å². The summed E-state index contributed by atoms with van der Waals surface area (Å²) in [5, 5.41) is 0. The number of rotatable bonds is 6. The molecular formula is C40H48N2O2. The Labute approximate surface area is 262 Å². The van der Waals surface area contributed by atoms with Crippen molar-refractivity contribution in [3.63, 3.8) is 0 Å². The molecule has 8 bridgehead atoms. The van der Waals surface area contributed by atoms with Crippen LogP contribution in [0.25, 0.3) is 0 Å². The van der Waals surface area contributed by atoms with Gasteiger partial charge in [-0.1, -0.05) is 24.3 Å². The van der Waals surface area contributed by atoms with Crippen LogP contribution in [0.4, 0.5) is 11.4 Å². The second-order valence-corrected chi connectivity index (χ2v) is 16.5. The minimum absolute atomic E-state index is 0.154. The highest BCUT2D eigenvalue weighted by molar-refractivity contribution is 5.63. The second kappa shape index (κ2) is 9.68. The maximum absolute atomic E-state index is 7.25. The Kier molecular flexibility index (Phi) is 5.98. The first-order valence-corrected chi connectivity index (χ1v) is 17.5. The van der Waals surface area contributed by atoms with E-state index in [1.807, 2.05) is 24.3 Å². The molecule has 0 spiro atoms. The highest BCUT2D eigenvalue weighted by Crippen LogP contribution is 2.66. The van der Waals surface area contributed by atoms with Crippen molar-refractivity contribution >= 4 is 11.4 Å². The molecule has 0 aromatic heterocycles. The van der Waals surface area contributed by atoms with Crippen LogP contribution in [0.5, 0.6) is 23.0 Å². The second-order valence-electron chi connectivity index (χ2n) is 16.5. The van der Waals surface area contributed by atoms with Crippen molar-refractivity contribution in [2.75, 3.05) is 11.5 Å². The molecule has 8 saturated carbocycles. The summed E-state index contributed by atoms with van der Waals surface area (Å²) in [7, 11) is 0. The van der Waals surface area contributed by atoms with Crippen molar-refractivity contribution in [3.8, 4) is 23.0 Å². The highest BCUT2D eigenvalue weighted by atomic mass is 16.5. The number of benzene rings is 3. The van der Waals surface area contributed by atoms with Crippen LogP contribution < -0.4 is 20.9 Å². The standard InChI is InChI=1S/C40H48N2O2/c1-23-3-5-31(41)15-35(23)43-37-33(39-17-25-9-26(18-39)11-27(10-25)19-39)7-8-34(38(37)44-36-16-32(42)6-4-24(36)2)40-20-28-12-29(21-40)14-30(13-28)22-40/h3-8,15-16,25-30H,9-14,17-22,41-42H2,1-2H3. The molecule has 0 atom stereocenters. The maximum Gasteiger partial charge on any atom is 0.174 e. The van der Waals surface area contributed by atoms with Crippen LogP contribution in [0.3, 0.4) is 0 Å². The third-order valence-corrected chi connectivity index (χ3v) is 13.2. The van der Waals surface area contributed by atoms with Gasteiger partial charge in [-0.2, -0.15) is 0 Å². The van der Waals surface area contributed by atoms with E-state index in [1.165, 1.54) is 88.2 Å². The molecule has 0 radical (unpaired) electrons. The topological polar surface area (TPSA) is 70.5 Å². The van der Waals surface area contributed by atoms with E-state index >= 15 is 0 Å². The van der Waals surface area contributed by atoms with Crippen LogP contribution in [-0.2, 0) is 10.8 Å². The minimum atomic E-state index is 0.154. The summed E-state index contributed by atoms with van der Waals surface area (Å²) < 4.78 is 14.5. The molecule has 0 amide bonds. The molecule has 0 aliphatic heterocycles. The first-order valence-electron chi connectivity index (χ1n) is 17.5. The van der Waals surface area contributed by atoms with Crippen LogP contribution in [0.15, 0.2) is 48.5 Å². The van der Waals surface area contributed by atoms with Gasteiger partial charge >= 0.3 is 0 Å². The van der Waals surface area contributed by atoms with Gasteiger partial charge in [-0.25, -0.2) is 0 Å². The summed E-state index contributed by atoms with van der Waals surface area (Å²) >= 11 is 0. The molecule has 230 valence electrons. The number of aryl methyl sites for hydroxylation is 2. The molecule has 8 aliphatic rings. The van der Waals surface area contributed by atoms with Gasteiger partial charge in [0, 0.05) is 34.6 Å². The van der Waals surface area contributed by atoms with Crippen LogP contribution in [0.1, 0.15) is 99.3 Å². The molecule has 0 saturated heterocycles. The zero-order chi connectivity index (χ0) is 29.8. The van der Waals surface area contributed by atoms with Crippen LogP contribution in [0.2, 0.25) is 0 Å². The number of ether oxygens (including phenoxy) is 2. The first kappa shape index (κ1) is 27.2. The van der Waals surface area contributed by atoms with Gasteiger partial charge in [-0.05, 0) is 160 Å². The maximum atomic E-state index is 7.25. The number of nitrogens with two attached hydrogens (primary N) is 2. The summed E-state index contributed by atoms with van der Waals surface area (Å²) in [4.78, 5) is 0. The summed E-state index contributed by atoms with van der Waals surface area (Å²) in [6.45, 7) is 4.26. The Morgan fingerprint density at radius 3 is 1.14 bits per heavy atom. The van der Waals surface area contributed by atoms with Crippen molar-refractivity contribution in [3.05, 3.63) is 70.8 Å². The Morgan fingerprint density at radius 1 is 0.500 bits per heavy atom. The van der Waals surface area contributed by atoms with E-state index in [4.69, 9.17) is 20.9 Å². The van der Waals surface area contributed by atoms with Gasteiger partial charge < -0.3 is 20.9 Å². The lowest BCUT2D eigenvalue weighted by Crippen LogP contribution is -2.49. The predicted molar refractivity (Wildman–Crippen MR) is 177 cm³/mol. The average Bonchev–Trinajstić information content (AvgIpc) is 2.96. The Bertz CT molecular complexity index is 1450. The van der Waals surface area contributed by atoms with Crippen LogP contribution in [-0.4, -0.2) is 0 Å². The molecule has 4 heteroatoms. The third kappa shape index (κ3) is 4.30. The molecule has 8 fully saturated rings. The van der Waals surface area contributed by atoms with Gasteiger partial charge in [0.2, 0.25) is 0 Å². The molecule has 3 aromatic carbocycles. The SMILES string of the molecule is Cc1ccc(N)cc1Oc1c(C23CC4CC(CC(C4)C2)C3)ccc(C23CC4CC(CC(C4)C2)C3)c1Oc1cc(N)ccc1C. The predicted octanol–water partition coefficient (Wildman–Crippen LogP) is 9.99. The Morgan fingerprint density at radius 2 is 0.818 bits per heavy atom. The molecule has 44 heavy (non-hydrogen) atoms. The van der Waals surface area contributed by atoms with Gasteiger partial charge in [0.15, 0.2) is 11.5 Å². The van der Waals surface area contributed by atoms with Gasteiger partial charge in [0.05, 0.1) is 0 Å². The number of hydrogen-bond acceptors (Lipinski definition) is 4. The van der Waals surface area contributed by atoms with Crippen molar-refractivity contribution in [2.24, 2.45) is 35.5 Å². The monoisotopic (exact) mass is 588 g/mol. The van der Waals surface area contributed by atoms with Gasteiger partial charge in [0.25, 0.3) is 0 Å². The van der Waals surface area contributed by atoms with E-state index in [1.54, 1.807) is 0 Å². The van der Waals surface area contributed by atoms with Crippen LogP contribution >= 0.6 is 0 Å². The van der Waals surface area contributed by atoms with E-state index in [0.717, 1.165) is 81.0 Å². The van der Waals surface area contributed by atoms with E-state index in [2.05, 4.69) is 38.1 Å². The third-order valence-electron chi connectivity index (χ3n) is 13.2. The van der Waals surface area contributed by atoms with E-state index in [9.17, 15) is 0 Å². The normalized spacial score (nSPS) is 36.1. The zero-order valence-electron chi connectivity index (χ0n) is 26.5. The largest absolute Gasteiger partial charge is 0.453 e. The lowest BCUT2D eigenvalue weighted by atomic mass is 9.47. The van der Waals surface area contributed by atoms with Gasteiger partial charge in [0.1, 0.15) is 11.5 Å². The number of hydrogen-bond donors (Lipinski definition) is 2. The average molecular weight is 589 g/mol. The van der Waals surface area contributed by atoms with E-state index in [-0.39, 0.29) is 10.8 Å². The fraction of sp³-hybridized carbons (Fsp3) is 0.550. The van der Waals surface area contributed by atoms with E-state index in [0.29, 0.717) is 0 Å². The van der Waals surface area contributed by atoms with Crippen molar-refractivity contribution in [1.29, 1.82) is 0 Å². The fourth-order valence-electron chi connectivity index (χ4n) is 12.2. The van der Waals surface area contributed by atoms with Crippen molar-refractivity contribution in [2.45, 2.75) is 102 Å². The molecule has 4 N–H and O–H groups in total. The summed E-state index contributed by atoms with van der Waals surface area (Å²) in [5.41, 5.74) is 19.5. The smallest absolute Gasteiger partial charge is 0.174 e. The van der Waals surface area contributed by atoms with Crippen molar-refractivity contribution < 1.29 is 9.47 Å². The Balaban J connectivity index is 1.28. The molecule has 11 rings (SSSR count).